The molecule has 18 heavy (non-hydrogen) atoms. The minimum absolute atomic E-state index is 0.00531. The molecule has 98 valence electrons. The molecule has 6 heteroatoms. The number of rotatable bonds is 3. The van der Waals surface area contributed by atoms with Gasteiger partial charge in [-0.25, -0.2) is 13.2 Å². The van der Waals surface area contributed by atoms with Crippen molar-refractivity contribution in [3.8, 4) is 0 Å². The number of halogens is 4. The fourth-order valence-corrected chi connectivity index (χ4v) is 2.23. The van der Waals surface area contributed by atoms with E-state index < -0.39 is 17.5 Å². The van der Waals surface area contributed by atoms with Crippen LogP contribution in [0.2, 0.25) is 0 Å². The first-order chi connectivity index (χ1) is 8.51. The number of carbonyl (C=O) groups is 1. The Hall–Kier alpha value is -1.23. The number of hydrogen-bond donors (Lipinski definition) is 0. The molecule has 1 aliphatic heterocycles. The molecule has 1 aromatic carbocycles. The van der Waals surface area contributed by atoms with Crippen LogP contribution in [-0.4, -0.2) is 23.2 Å². The third-order valence-corrected chi connectivity index (χ3v) is 3.40. The largest absolute Gasteiger partial charge is 0.338 e. The molecular weight excluding hydrogens is 267 g/mol. The Morgan fingerprint density at radius 1 is 1.28 bits per heavy atom. The Balaban J connectivity index is 2.17. The summed E-state index contributed by atoms with van der Waals surface area (Å²) in [6, 6.07) is 1.22. The van der Waals surface area contributed by atoms with Crippen molar-refractivity contribution in [2.24, 2.45) is 5.92 Å². The van der Waals surface area contributed by atoms with Gasteiger partial charge >= 0.3 is 0 Å². The van der Waals surface area contributed by atoms with Gasteiger partial charge < -0.3 is 4.90 Å². The molecule has 0 aromatic heterocycles. The van der Waals surface area contributed by atoms with E-state index in [9.17, 15) is 18.0 Å². The van der Waals surface area contributed by atoms with Crippen molar-refractivity contribution < 1.29 is 18.0 Å². The highest BCUT2D eigenvalue weighted by Crippen LogP contribution is 2.23. The molecule has 1 aromatic rings. The van der Waals surface area contributed by atoms with Crippen LogP contribution >= 0.6 is 11.6 Å². The van der Waals surface area contributed by atoms with Gasteiger partial charge in [0, 0.05) is 36.5 Å². The second-order valence-electron chi connectivity index (χ2n) is 4.35. The maximum absolute atomic E-state index is 13.4. The predicted octanol–water partition coefficient (Wildman–Crippen LogP) is 2.69. The Kier molecular flexibility index (Phi) is 3.80. The van der Waals surface area contributed by atoms with Crippen molar-refractivity contribution in [1.29, 1.82) is 0 Å². The molecule has 0 bridgehead atoms. The van der Waals surface area contributed by atoms with Gasteiger partial charge in [-0.2, -0.15) is 0 Å². The van der Waals surface area contributed by atoms with Gasteiger partial charge in [0.1, 0.15) is 17.5 Å². The fourth-order valence-electron chi connectivity index (χ4n) is 2.02. The van der Waals surface area contributed by atoms with Gasteiger partial charge in [-0.15, -0.1) is 11.6 Å². The van der Waals surface area contributed by atoms with Crippen LogP contribution in [0.4, 0.5) is 13.2 Å². The highest BCUT2D eigenvalue weighted by atomic mass is 35.5. The number of benzene rings is 1. The number of amides is 1. The first-order valence-electron chi connectivity index (χ1n) is 5.48. The van der Waals surface area contributed by atoms with Gasteiger partial charge in [0.2, 0.25) is 5.91 Å². The smallest absolute Gasteiger partial charge is 0.223 e. The summed E-state index contributed by atoms with van der Waals surface area (Å²) in [5.74, 6) is -2.78. The van der Waals surface area contributed by atoms with E-state index in [1.54, 1.807) is 0 Å². The molecule has 0 N–H and O–H groups in total. The third-order valence-electron chi connectivity index (χ3n) is 2.97. The average molecular weight is 278 g/mol. The van der Waals surface area contributed by atoms with Crippen LogP contribution < -0.4 is 0 Å². The molecule has 1 unspecified atom stereocenters. The molecule has 1 aliphatic rings. The standard InChI is InChI=1S/C12H11ClF3NO/c13-4-7-1-12(18)17(5-7)6-9-10(15)2-8(14)3-11(9)16/h2-3,7H,1,4-6H2. The summed E-state index contributed by atoms with van der Waals surface area (Å²) in [4.78, 5) is 12.9. The van der Waals surface area contributed by atoms with Gasteiger partial charge in [0.05, 0.1) is 6.54 Å². The van der Waals surface area contributed by atoms with Crippen LogP contribution in [0.3, 0.4) is 0 Å². The monoisotopic (exact) mass is 277 g/mol. The van der Waals surface area contributed by atoms with Gasteiger partial charge in [0.25, 0.3) is 0 Å². The van der Waals surface area contributed by atoms with Crippen LogP contribution in [-0.2, 0) is 11.3 Å². The molecule has 0 aliphatic carbocycles. The first-order valence-corrected chi connectivity index (χ1v) is 6.02. The van der Waals surface area contributed by atoms with Crippen molar-refractivity contribution in [3.05, 3.63) is 35.1 Å². The average Bonchev–Trinajstić information content (AvgIpc) is 2.64. The van der Waals surface area contributed by atoms with Crippen LogP contribution in [0.25, 0.3) is 0 Å². The molecule has 1 saturated heterocycles. The minimum Gasteiger partial charge on any atom is -0.338 e. The van der Waals surface area contributed by atoms with Crippen LogP contribution in [0.5, 0.6) is 0 Å². The molecule has 2 rings (SSSR count). The van der Waals surface area contributed by atoms with Crippen molar-refractivity contribution in [2.75, 3.05) is 12.4 Å². The van der Waals surface area contributed by atoms with E-state index in [0.717, 1.165) is 0 Å². The van der Waals surface area contributed by atoms with Gasteiger partial charge in [-0.1, -0.05) is 0 Å². The SMILES string of the molecule is O=C1CC(CCl)CN1Cc1c(F)cc(F)cc1F. The molecule has 0 spiro atoms. The summed E-state index contributed by atoms with van der Waals surface area (Å²) in [5, 5.41) is 0. The van der Waals surface area contributed by atoms with Crippen molar-refractivity contribution in [3.63, 3.8) is 0 Å². The van der Waals surface area contributed by atoms with E-state index in [4.69, 9.17) is 11.6 Å². The van der Waals surface area contributed by atoms with E-state index in [1.165, 1.54) is 4.90 Å². The van der Waals surface area contributed by atoms with Gasteiger partial charge in [-0.3, -0.25) is 4.79 Å². The normalized spacial score (nSPS) is 19.7. The Morgan fingerprint density at radius 2 is 1.89 bits per heavy atom. The van der Waals surface area contributed by atoms with Crippen LogP contribution in [0.15, 0.2) is 12.1 Å². The minimum atomic E-state index is -0.977. The summed E-state index contributed by atoms with van der Waals surface area (Å²) in [6.07, 6.45) is 0.286. The number of nitrogens with zero attached hydrogens (tertiary/aromatic N) is 1. The van der Waals surface area contributed by atoms with Crippen molar-refractivity contribution >= 4 is 17.5 Å². The maximum atomic E-state index is 13.4. The number of carbonyl (C=O) groups excluding carboxylic acids is 1. The van der Waals surface area contributed by atoms with E-state index in [2.05, 4.69) is 0 Å². The Bertz CT molecular complexity index is 457. The predicted molar refractivity (Wildman–Crippen MR) is 60.6 cm³/mol. The second kappa shape index (κ2) is 5.18. The van der Waals surface area contributed by atoms with E-state index in [1.807, 2.05) is 0 Å². The second-order valence-corrected chi connectivity index (χ2v) is 4.66. The first kappa shape index (κ1) is 13.2. The molecular formula is C12H11ClF3NO. The van der Waals surface area contributed by atoms with Crippen LogP contribution in [0, 0.1) is 23.4 Å². The highest BCUT2D eigenvalue weighted by molar-refractivity contribution is 6.18. The van der Waals surface area contributed by atoms with Crippen molar-refractivity contribution in [2.45, 2.75) is 13.0 Å². The molecule has 1 heterocycles. The fraction of sp³-hybridized carbons (Fsp3) is 0.417. The van der Waals surface area contributed by atoms with E-state index in [-0.39, 0.29) is 30.4 Å². The lowest BCUT2D eigenvalue weighted by Gasteiger charge is -2.17. The van der Waals surface area contributed by atoms with E-state index in [0.29, 0.717) is 24.6 Å². The van der Waals surface area contributed by atoms with Crippen LogP contribution in [0.1, 0.15) is 12.0 Å². The summed E-state index contributed by atoms with van der Waals surface area (Å²) < 4.78 is 39.6. The topological polar surface area (TPSA) is 20.3 Å². The molecule has 1 fully saturated rings. The molecule has 1 amide bonds. The number of hydrogen-bond acceptors (Lipinski definition) is 1. The number of alkyl halides is 1. The Labute approximate surface area is 107 Å². The molecule has 1 atom stereocenters. The zero-order chi connectivity index (χ0) is 13.3. The lowest BCUT2D eigenvalue weighted by atomic mass is 10.1. The van der Waals surface area contributed by atoms with E-state index >= 15 is 0 Å². The molecule has 2 nitrogen and oxygen atoms in total. The zero-order valence-electron chi connectivity index (χ0n) is 9.43. The number of likely N-dealkylation sites (tertiary alicyclic amines) is 1. The maximum Gasteiger partial charge on any atom is 0.223 e. The molecule has 0 saturated carbocycles. The zero-order valence-corrected chi connectivity index (χ0v) is 10.2. The quantitative estimate of drug-likeness (QED) is 0.778. The summed E-state index contributed by atoms with van der Waals surface area (Å²) in [5.41, 5.74) is -0.292. The van der Waals surface area contributed by atoms with Crippen molar-refractivity contribution in [1.82, 2.24) is 4.90 Å². The summed E-state index contributed by atoms with van der Waals surface area (Å²) in [7, 11) is 0. The lowest BCUT2D eigenvalue weighted by molar-refractivity contribution is -0.128. The summed E-state index contributed by atoms with van der Waals surface area (Å²) >= 11 is 5.65. The molecule has 0 radical (unpaired) electrons. The highest BCUT2D eigenvalue weighted by Gasteiger charge is 2.30. The van der Waals surface area contributed by atoms with Gasteiger partial charge in [0.15, 0.2) is 0 Å². The Morgan fingerprint density at radius 3 is 2.39 bits per heavy atom. The third kappa shape index (κ3) is 2.61. The lowest BCUT2D eigenvalue weighted by Crippen LogP contribution is -2.26. The summed E-state index contributed by atoms with van der Waals surface area (Å²) in [6.45, 7) is 0.183. The van der Waals surface area contributed by atoms with Gasteiger partial charge in [-0.05, 0) is 5.92 Å².